The van der Waals surface area contributed by atoms with Gasteiger partial charge in [0.25, 0.3) is 10.1 Å². The zero-order valence-corrected chi connectivity index (χ0v) is 19.2. The molecule has 1 aliphatic heterocycles. The van der Waals surface area contributed by atoms with Crippen LogP contribution in [0.4, 0.5) is 5.69 Å². The lowest BCUT2D eigenvalue weighted by Crippen LogP contribution is -2.12. The average molecular weight is 478 g/mol. The monoisotopic (exact) mass is 477 g/mol. The van der Waals surface area contributed by atoms with Gasteiger partial charge in [0.15, 0.2) is 0 Å². The summed E-state index contributed by atoms with van der Waals surface area (Å²) in [7, 11) is -4.27. The molecule has 0 atom stereocenters. The van der Waals surface area contributed by atoms with Crippen molar-refractivity contribution in [1.82, 2.24) is 9.55 Å². The second-order valence-corrected chi connectivity index (χ2v) is 9.58. The SMILES string of the molecule is O=S(=O)(O)c1ccc(N=c2cc3n(-c4ccccc4)c4ccccc4nc-3c3ccccc23)cc1. The van der Waals surface area contributed by atoms with Gasteiger partial charge in [0.05, 0.1) is 38.4 Å². The highest BCUT2D eigenvalue weighted by molar-refractivity contribution is 7.85. The minimum atomic E-state index is -4.27. The third-order valence-corrected chi connectivity index (χ3v) is 6.84. The molecule has 7 heteroatoms. The van der Waals surface area contributed by atoms with Crippen LogP contribution in [0.2, 0.25) is 0 Å². The van der Waals surface area contributed by atoms with Crippen molar-refractivity contribution in [3.63, 3.8) is 0 Å². The van der Waals surface area contributed by atoms with Crippen LogP contribution in [0.15, 0.2) is 119 Å². The van der Waals surface area contributed by atoms with E-state index in [1.54, 1.807) is 12.1 Å². The fraction of sp³-hybridized carbons (Fsp3) is 0. The summed E-state index contributed by atoms with van der Waals surface area (Å²) in [6.07, 6.45) is 0. The maximum Gasteiger partial charge on any atom is 0.294 e. The van der Waals surface area contributed by atoms with Crippen LogP contribution in [0.1, 0.15) is 0 Å². The molecular weight excluding hydrogens is 458 g/mol. The zero-order chi connectivity index (χ0) is 24.0. The van der Waals surface area contributed by atoms with E-state index in [2.05, 4.69) is 22.8 Å². The van der Waals surface area contributed by atoms with E-state index in [9.17, 15) is 13.0 Å². The second kappa shape index (κ2) is 8.16. The molecule has 0 fully saturated rings. The van der Waals surface area contributed by atoms with Gasteiger partial charge in [-0.05, 0) is 54.6 Å². The molecule has 2 aliphatic rings. The van der Waals surface area contributed by atoms with Gasteiger partial charge in [-0.3, -0.25) is 4.55 Å². The van der Waals surface area contributed by atoms with Gasteiger partial charge in [-0.1, -0.05) is 54.6 Å². The largest absolute Gasteiger partial charge is 0.306 e. The summed E-state index contributed by atoms with van der Waals surface area (Å²) in [6.45, 7) is 0. The summed E-state index contributed by atoms with van der Waals surface area (Å²) in [6, 6.07) is 34.0. The minimum absolute atomic E-state index is 0.169. The Bertz CT molecular complexity index is 1860. The summed E-state index contributed by atoms with van der Waals surface area (Å²) in [5.74, 6) is 0. The third kappa shape index (κ3) is 3.77. The van der Waals surface area contributed by atoms with Crippen molar-refractivity contribution < 1.29 is 13.0 Å². The van der Waals surface area contributed by atoms with Crippen molar-refractivity contribution in [2.45, 2.75) is 4.90 Å². The molecule has 1 aliphatic carbocycles. The molecule has 4 aromatic carbocycles. The van der Waals surface area contributed by atoms with E-state index in [1.165, 1.54) is 12.1 Å². The maximum atomic E-state index is 11.4. The van der Waals surface area contributed by atoms with E-state index in [1.807, 2.05) is 66.7 Å². The minimum Gasteiger partial charge on any atom is -0.306 e. The highest BCUT2D eigenvalue weighted by atomic mass is 32.2. The van der Waals surface area contributed by atoms with E-state index < -0.39 is 10.1 Å². The molecule has 0 saturated carbocycles. The maximum absolute atomic E-state index is 11.4. The topological polar surface area (TPSA) is 84.5 Å². The normalized spacial score (nSPS) is 12.5. The Hall–Kier alpha value is -4.33. The molecule has 4 aromatic rings. The van der Waals surface area contributed by atoms with Crippen LogP contribution < -0.4 is 5.36 Å². The van der Waals surface area contributed by atoms with Crippen molar-refractivity contribution >= 4 is 37.6 Å². The molecule has 0 radical (unpaired) electrons. The number of para-hydroxylation sites is 3. The Labute approximate surface area is 201 Å². The predicted molar refractivity (Wildman–Crippen MR) is 137 cm³/mol. The number of hydrogen-bond acceptors (Lipinski definition) is 4. The smallest absolute Gasteiger partial charge is 0.294 e. The summed E-state index contributed by atoms with van der Waals surface area (Å²) in [5, 5.41) is 2.63. The van der Waals surface area contributed by atoms with Crippen molar-refractivity contribution in [1.29, 1.82) is 0 Å². The first-order valence-corrected chi connectivity index (χ1v) is 12.4. The van der Waals surface area contributed by atoms with E-state index in [-0.39, 0.29) is 4.90 Å². The number of aromatic nitrogens is 2. The Kier molecular flexibility index (Phi) is 4.95. The van der Waals surface area contributed by atoms with Crippen molar-refractivity contribution in [3.8, 4) is 17.1 Å². The quantitative estimate of drug-likeness (QED) is 0.199. The van der Waals surface area contributed by atoms with E-state index in [0.29, 0.717) is 5.69 Å². The first-order chi connectivity index (χ1) is 17.0. The van der Waals surface area contributed by atoms with Gasteiger partial charge < -0.3 is 4.57 Å². The lowest BCUT2D eigenvalue weighted by atomic mass is 10.0. The van der Waals surface area contributed by atoms with Crippen molar-refractivity contribution in [2.75, 3.05) is 0 Å². The van der Waals surface area contributed by atoms with E-state index >= 15 is 0 Å². The Morgan fingerprint density at radius 1 is 0.743 bits per heavy atom. The summed E-state index contributed by atoms with van der Waals surface area (Å²) in [4.78, 5) is 9.69. The molecule has 170 valence electrons. The molecular formula is C28H19N3O3S. The van der Waals surface area contributed by atoms with Crippen LogP contribution in [0.5, 0.6) is 0 Å². The Balaban J connectivity index is 1.72. The molecule has 0 saturated heterocycles. The molecule has 0 aromatic heterocycles. The van der Waals surface area contributed by atoms with E-state index in [0.717, 1.165) is 44.2 Å². The first-order valence-electron chi connectivity index (χ1n) is 11.0. The summed E-state index contributed by atoms with van der Waals surface area (Å²) < 4.78 is 34.3. The van der Waals surface area contributed by atoms with Crippen LogP contribution in [0, 0.1) is 0 Å². The van der Waals surface area contributed by atoms with Gasteiger partial charge in [-0.2, -0.15) is 8.42 Å². The number of nitrogens with zero attached hydrogens (tertiary/aromatic N) is 3. The van der Waals surface area contributed by atoms with Gasteiger partial charge in [0, 0.05) is 16.5 Å². The Morgan fingerprint density at radius 2 is 1.40 bits per heavy atom. The summed E-state index contributed by atoms with van der Waals surface area (Å²) in [5.41, 5.74) is 5.21. The molecule has 0 spiro atoms. The highest BCUT2D eigenvalue weighted by Gasteiger charge is 2.18. The second-order valence-electron chi connectivity index (χ2n) is 8.16. The van der Waals surface area contributed by atoms with Gasteiger partial charge in [-0.15, -0.1) is 0 Å². The molecule has 0 unspecified atom stereocenters. The first kappa shape index (κ1) is 21.2. The fourth-order valence-corrected chi connectivity index (χ4v) is 4.87. The third-order valence-electron chi connectivity index (χ3n) is 5.97. The molecule has 1 heterocycles. The molecule has 0 amide bonds. The van der Waals surface area contributed by atoms with Crippen LogP contribution in [-0.2, 0) is 10.1 Å². The molecule has 1 N–H and O–H groups in total. The number of fused-ring (bicyclic) bond motifs is 4. The zero-order valence-electron chi connectivity index (χ0n) is 18.4. The van der Waals surface area contributed by atoms with Gasteiger partial charge >= 0.3 is 0 Å². The molecule has 6 nitrogen and oxygen atoms in total. The number of hydrogen-bond donors (Lipinski definition) is 1. The Morgan fingerprint density at radius 3 is 2.14 bits per heavy atom. The van der Waals surface area contributed by atoms with E-state index in [4.69, 9.17) is 9.98 Å². The molecule has 6 rings (SSSR count). The predicted octanol–water partition coefficient (Wildman–Crippen LogP) is 5.76. The fourth-order valence-electron chi connectivity index (χ4n) is 4.39. The van der Waals surface area contributed by atoms with Crippen molar-refractivity contribution in [3.05, 3.63) is 115 Å². The molecule has 35 heavy (non-hydrogen) atoms. The number of rotatable bonds is 3. The van der Waals surface area contributed by atoms with Crippen LogP contribution in [-0.4, -0.2) is 22.5 Å². The standard InChI is InChI=1S/C28H19N3O3S/c32-35(33,34)21-16-14-19(15-17-21)29-25-18-27-28(23-11-5-4-10-22(23)25)30-24-12-6-7-13-26(24)31(27)20-8-2-1-3-9-20/h1-18H,(H,32,33,34). The van der Waals surface area contributed by atoms with Crippen LogP contribution in [0.3, 0.4) is 0 Å². The number of benzene rings is 5. The van der Waals surface area contributed by atoms with Gasteiger partial charge in [0.2, 0.25) is 0 Å². The van der Waals surface area contributed by atoms with Crippen molar-refractivity contribution in [2.24, 2.45) is 4.99 Å². The lowest BCUT2D eigenvalue weighted by molar-refractivity contribution is 0.483. The summed E-state index contributed by atoms with van der Waals surface area (Å²) >= 11 is 0. The van der Waals surface area contributed by atoms with Crippen LogP contribution in [0.25, 0.3) is 38.9 Å². The van der Waals surface area contributed by atoms with Gasteiger partial charge in [-0.25, -0.2) is 9.98 Å². The van der Waals surface area contributed by atoms with Gasteiger partial charge in [0.1, 0.15) is 0 Å². The lowest BCUT2D eigenvalue weighted by Gasteiger charge is -2.20. The van der Waals surface area contributed by atoms with Crippen LogP contribution >= 0.6 is 0 Å². The average Bonchev–Trinajstić information content (AvgIpc) is 2.88. The highest BCUT2D eigenvalue weighted by Crippen LogP contribution is 2.33. The molecule has 0 bridgehead atoms.